The molecule has 0 spiro atoms. The summed E-state index contributed by atoms with van der Waals surface area (Å²) in [7, 11) is 0. The summed E-state index contributed by atoms with van der Waals surface area (Å²) in [6, 6.07) is 12.2. The maximum atomic E-state index is 5.78. The molecule has 0 fully saturated rings. The molecule has 0 N–H and O–H groups in total. The molecule has 0 radical (unpaired) electrons. The lowest BCUT2D eigenvalue weighted by Crippen LogP contribution is -2.07. The first kappa shape index (κ1) is 12.8. The molecule has 0 aliphatic heterocycles. The molecule has 0 aliphatic carbocycles. The van der Waals surface area contributed by atoms with Crippen molar-refractivity contribution in [2.75, 3.05) is 0 Å². The molecule has 1 heterocycles. The Balaban J connectivity index is 2.16. The highest BCUT2D eigenvalue weighted by molar-refractivity contribution is 6.16. The fourth-order valence-corrected chi connectivity index (χ4v) is 1.81. The number of alkyl halides is 1. The van der Waals surface area contributed by atoms with Gasteiger partial charge in [0.1, 0.15) is 6.10 Å². The van der Waals surface area contributed by atoms with E-state index < -0.39 is 0 Å². The van der Waals surface area contributed by atoms with Gasteiger partial charge in [-0.2, -0.15) is 4.98 Å². The largest absolute Gasteiger partial charge is 0.456 e. The van der Waals surface area contributed by atoms with Crippen LogP contribution in [-0.2, 0) is 5.88 Å². The van der Waals surface area contributed by atoms with Crippen molar-refractivity contribution in [1.29, 1.82) is 0 Å². The topological polar surface area (TPSA) is 35.0 Å². The van der Waals surface area contributed by atoms with Crippen molar-refractivity contribution in [3.8, 4) is 6.01 Å². The summed E-state index contributed by atoms with van der Waals surface area (Å²) in [5.41, 5.74) is 2.73. The normalized spacial score (nSPS) is 12.2. The Morgan fingerprint density at radius 1 is 1.22 bits per heavy atom. The van der Waals surface area contributed by atoms with Gasteiger partial charge in [-0.15, -0.1) is 11.6 Å². The molecule has 0 amide bonds. The van der Waals surface area contributed by atoms with E-state index in [1.165, 1.54) is 0 Å². The van der Waals surface area contributed by atoms with E-state index in [2.05, 4.69) is 9.97 Å². The number of hydrogen-bond donors (Lipinski definition) is 0. The summed E-state index contributed by atoms with van der Waals surface area (Å²) in [6.07, 6.45) is -0.0869. The quantitative estimate of drug-likeness (QED) is 0.789. The lowest BCUT2D eigenvalue weighted by molar-refractivity contribution is 0.206. The van der Waals surface area contributed by atoms with Crippen LogP contribution in [0.25, 0.3) is 0 Å². The lowest BCUT2D eigenvalue weighted by atomic mass is 10.1. The van der Waals surface area contributed by atoms with Crippen LogP contribution in [0, 0.1) is 6.92 Å². The highest BCUT2D eigenvalue weighted by Gasteiger charge is 2.09. The average Bonchev–Trinajstić information content (AvgIpc) is 2.39. The Hall–Kier alpha value is -1.61. The molecule has 0 saturated heterocycles. The molecule has 2 aromatic rings. The van der Waals surface area contributed by atoms with Crippen LogP contribution < -0.4 is 4.74 Å². The Labute approximate surface area is 112 Å². The van der Waals surface area contributed by atoms with Gasteiger partial charge in [-0.25, -0.2) is 4.98 Å². The van der Waals surface area contributed by atoms with Gasteiger partial charge in [0, 0.05) is 5.69 Å². The second-order valence-corrected chi connectivity index (χ2v) is 4.35. The predicted molar refractivity (Wildman–Crippen MR) is 71.8 cm³/mol. The first-order chi connectivity index (χ1) is 8.69. The number of ether oxygens (including phenoxy) is 1. The van der Waals surface area contributed by atoms with Crippen molar-refractivity contribution in [3.63, 3.8) is 0 Å². The lowest BCUT2D eigenvalue weighted by Gasteiger charge is -2.14. The average molecular weight is 263 g/mol. The summed E-state index contributed by atoms with van der Waals surface area (Å²) in [5, 5.41) is 0. The van der Waals surface area contributed by atoms with Gasteiger partial charge in [-0.1, -0.05) is 30.3 Å². The molecule has 4 heteroatoms. The van der Waals surface area contributed by atoms with Crippen molar-refractivity contribution >= 4 is 11.6 Å². The number of hydrogen-bond acceptors (Lipinski definition) is 3. The van der Waals surface area contributed by atoms with E-state index in [-0.39, 0.29) is 6.10 Å². The van der Waals surface area contributed by atoms with Crippen molar-refractivity contribution in [2.24, 2.45) is 0 Å². The summed E-state index contributed by atoms with van der Waals surface area (Å²) in [6.45, 7) is 3.87. The number of aryl methyl sites for hydroxylation is 1. The maximum absolute atomic E-state index is 5.78. The van der Waals surface area contributed by atoms with Crippen LogP contribution in [0.5, 0.6) is 6.01 Å². The minimum Gasteiger partial charge on any atom is -0.456 e. The van der Waals surface area contributed by atoms with Crippen molar-refractivity contribution in [3.05, 3.63) is 53.3 Å². The monoisotopic (exact) mass is 262 g/mol. The zero-order valence-electron chi connectivity index (χ0n) is 10.4. The van der Waals surface area contributed by atoms with Gasteiger partial charge in [0.05, 0.1) is 11.6 Å². The molecule has 1 aromatic heterocycles. The minimum absolute atomic E-state index is 0.0869. The van der Waals surface area contributed by atoms with Gasteiger partial charge in [0.25, 0.3) is 0 Å². The van der Waals surface area contributed by atoms with Gasteiger partial charge in [-0.3, -0.25) is 0 Å². The molecule has 3 nitrogen and oxygen atoms in total. The van der Waals surface area contributed by atoms with E-state index in [0.29, 0.717) is 11.9 Å². The van der Waals surface area contributed by atoms with Crippen LogP contribution in [0.2, 0.25) is 0 Å². The molecule has 1 aromatic carbocycles. The maximum Gasteiger partial charge on any atom is 0.317 e. The van der Waals surface area contributed by atoms with E-state index in [1.54, 1.807) is 0 Å². The second kappa shape index (κ2) is 5.83. The van der Waals surface area contributed by atoms with E-state index >= 15 is 0 Å². The molecule has 1 atom stereocenters. The Morgan fingerprint density at radius 2 is 1.94 bits per heavy atom. The van der Waals surface area contributed by atoms with Crippen LogP contribution in [0.15, 0.2) is 36.4 Å². The van der Waals surface area contributed by atoms with E-state index in [9.17, 15) is 0 Å². The van der Waals surface area contributed by atoms with E-state index in [1.807, 2.05) is 50.2 Å². The summed E-state index contributed by atoms with van der Waals surface area (Å²) in [5.74, 6) is 0.361. The molecule has 18 heavy (non-hydrogen) atoms. The molecular formula is C14H15ClN2O. The van der Waals surface area contributed by atoms with E-state index in [4.69, 9.17) is 16.3 Å². The molecule has 0 saturated carbocycles. The van der Waals surface area contributed by atoms with Gasteiger partial charge in [0.2, 0.25) is 0 Å². The molecule has 2 rings (SSSR count). The van der Waals surface area contributed by atoms with Crippen molar-refractivity contribution in [2.45, 2.75) is 25.8 Å². The van der Waals surface area contributed by atoms with Gasteiger partial charge in [0.15, 0.2) is 0 Å². The number of nitrogens with zero attached hydrogens (tertiary/aromatic N) is 2. The fraction of sp³-hybridized carbons (Fsp3) is 0.286. The van der Waals surface area contributed by atoms with Crippen LogP contribution in [-0.4, -0.2) is 9.97 Å². The third-order valence-corrected chi connectivity index (χ3v) is 2.85. The molecular weight excluding hydrogens is 248 g/mol. The Bertz CT molecular complexity index is 516. The number of aromatic nitrogens is 2. The molecule has 94 valence electrons. The minimum atomic E-state index is -0.0869. The third kappa shape index (κ3) is 3.20. The number of halogens is 1. The number of benzene rings is 1. The molecule has 0 aliphatic rings. The van der Waals surface area contributed by atoms with Crippen LogP contribution >= 0.6 is 11.6 Å². The Kier molecular flexibility index (Phi) is 4.15. The van der Waals surface area contributed by atoms with Gasteiger partial charge >= 0.3 is 6.01 Å². The van der Waals surface area contributed by atoms with Crippen LogP contribution in [0.1, 0.15) is 30.0 Å². The van der Waals surface area contributed by atoms with Crippen LogP contribution in [0.4, 0.5) is 0 Å². The summed E-state index contributed by atoms with van der Waals surface area (Å²) >= 11 is 5.78. The zero-order valence-corrected chi connectivity index (χ0v) is 11.2. The first-order valence-corrected chi connectivity index (χ1v) is 6.34. The SMILES string of the molecule is Cc1cc(CCl)nc(OC(C)c2ccccc2)n1. The van der Waals surface area contributed by atoms with Gasteiger partial charge < -0.3 is 4.74 Å². The Morgan fingerprint density at radius 3 is 2.61 bits per heavy atom. The van der Waals surface area contributed by atoms with Gasteiger partial charge in [-0.05, 0) is 25.5 Å². The number of rotatable bonds is 4. The molecule has 1 unspecified atom stereocenters. The van der Waals surface area contributed by atoms with Crippen molar-refractivity contribution < 1.29 is 4.74 Å². The highest BCUT2D eigenvalue weighted by Crippen LogP contribution is 2.19. The smallest absolute Gasteiger partial charge is 0.317 e. The first-order valence-electron chi connectivity index (χ1n) is 5.81. The summed E-state index contributed by atoms with van der Waals surface area (Å²) in [4.78, 5) is 8.51. The second-order valence-electron chi connectivity index (χ2n) is 4.09. The zero-order chi connectivity index (χ0) is 13.0. The fourth-order valence-electron chi connectivity index (χ4n) is 1.68. The standard InChI is InChI=1S/C14H15ClN2O/c1-10-8-13(9-15)17-14(16-10)18-11(2)12-6-4-3-5-7-12/h3-8,11H,9H2,1-2H3. The predicted octanol–water partition coefficient (Wildman–Crippen LogP) is 3.66. The highest BCUT2D eigenvalue weighted by atomic mass is 35.5. The van der Waals surface area contributed by atoms with Crippen molar-refractivity contribution in [1.82, 2.24) is 9.97 Å². The van der Waals surface area contributed by atoms with E-state index in [0.717, 1.165) is 17.0 Å². The molecule has 0 bridgehead atoms. The van der Waals surface area contributed by atoms with Crippen LogP contribution in [0.3, 0.4) is 0 Å². The summed E-state index contributed by atoms with van der Waals surface area (Å²) < 4.78 is 5.74. The third-order valence-electron chi connectivity index (χ3n) is 2.57.